The van der Waals surface area contributed by atoms with Crippen molar-refractivity contribution in [3.05, 3.63) is 0 Å². The van der Waals surface area contributed by atoms with Gasteiger partial charge >= 0.3 is 0 Å². The van der Waals surface area contributed by atoms with E-state index in [2.05, 4.69) is 4.74 Å². The molecule has 0 bridgehead atoms. The maximum Gasteiger partial charge on any atom is 0.293 e. The first-order chi connectivity index (χ1) is 12.3. The van der Waals surface area contributed by atoms with Crippen LogP contribution in [0.5, 0.6) is 0 Å². The molecular formula is C18H30F2N2O2S3. The van der Waals surface area contributed by atoms with Crippen LogP contribution in [0.25, 0.3) is 0 Å². The molecule has 0 saturated carbocycles. The molecule has 0 saturated heterocycles. The van der Waals surface area contributed by atoms with Crippen LogP contribution in [0.15, 0.2) is 0 Å². The molecule has 27 heavy (non-hydrogen) atoms. The number of hydrogen-bond acceptors (Lipinski definition) is 7. The molecule has 9 heteroatoms. The highest BCUT2D eigenvalue weighted by molar-refractivity contribution is 8.47. The highest BCUT2D eigenvalue weighted by Gasteiger charge is 2.59. The summed E-state index contributed by atoms with van der Waals surface area (Å²) in [7, 11) is 0. The van der Waals surface area contributed by atoms with Crippen molar-refractivity contribution in [2.75, 3.05) is 12.4 Å². The Bertz CT molecular complexity index is 551. The molecule has 0 fully saturated rings. The van der Waals surface area contributed by atoms with E-state index in [1.807, 2.05) is 13.0 Å². The summed E-state index contributed by atoms with van der Waals surface area (Å²) in [5.41, 5.74) is 2.54. The molecule has 0 aliphatic carbocycles. The van der Waals surface area contributed by atoms with Gasteiger partial charge in [0.25, 0.3) is 12.4 Å². The SMILES string of the molecule is CCCSC(=S)SC(C)(C)CC(F)(F)C(C)(N)C(C)(C#N)CCCOC=O. The van der Waals surface area contributed by atoms with Gasteiger partial charge in [0, 0.05) is 11.2 Å². The van der Waals surface area contributed by atoms with Crippen LogP contribution in [0.4, 0.5) is 8.78 Å². The zero-order valence-electron chi connectivity index (χ0n) is 16.6. The maximum absolute atomic E-state index is 15.2. The van der Waals surface area contributed by atoms with E-state index in [0.29, 0.717) is 10.0 Å². The Labute approximate surface area is 175 Å². The first-order valence-electron chi connectivity index (χ1n) is 8.77. The Kier molecular flexibility index (Phi) is 10.8. The van der Waals surface area contributed by atoms with Gasteiger partial charge in [-0.15, -0.1) is 23.5 Å². The van der Waals surface area contributed by atoms with E-state index in [1.165, 1.54) is 37.4 Å². The number of nitriles is 1. The number of carbonyl (C=O) groups is 1. The molecule has 0 aliphatic heterocycles. The van der Waals surface area contributed by atoms with E-state index >= 15 is 8.78 Å². The number of nitrogens with zero attached hydrogens (tertiary/aromatic N) is 1. The average molecular weight is 441 g/mol. The summed E-state index contributed by atoms with van der Waals surface area (Å²) in [4.78, 5) is 10.2. The van der Waals surface area contributed by atoms with Gasteiger partial charge in [0.1, 0.15) is 3.53 Å². The number of thioether (sulfide) groups is 2. The topological polar surface area (TPSA) is 76.1 Å². The van der Waals surface area contributed by atoms with Crippen molar-refractivity contribution in [3.63, 3.8) is 0 Å². The molecule has 0 heterocycles. The number of hydrogen-bond donors (Lipinski definition) is 1. The molecular weight excluding hydrogens is 410 g/mol. The minimum Gasteiger partial charge on any atom is -0.468 e. The number of carbonyl (C=O) groups excluding carboxylic acids is 1. The number of thiocarbonyl (C=S) groups is 1. The lowest BCUT2D eigenvalue weighted by Crippen LogP contribution is -2.64. The fraction of sp³-hybridized carbons (Fsp3) is 0.833. The summed E-state index contributed by atoms with van der Waals surface area (Å²) >= 11 is 8.01. The van der Waals surface area contributed by atoms with Crippen LogP contribution in [-0.4, -0.2) is 38.6 Å². The molecule has 2 N–H and O–H groups in total. The molecule has 0 aromatic heterocycles. The Morgan fingerprint density at radius 2 is 1.93 bits per heavy atom. The van der Waals surface area contributed by atoms with Crippen molar-refractivity contribution < 1.29 is 18.3 Å². The summed E-state index contributed by atoms with van der Waals surface area (Å²) < 4.78 is 34.8. The number of ether oxygens (including phenoxy) is 1. The maximum atomic E-state index is 15.2. The van der Waals surface area contributed by atoms with E-state index < -0.39 is 28.0 Å². The van der Waals surface area contributed by atoms with Crippen molar-refractivity contribution >= 4 is 45.7 Å². The van der Waals surface area contributed by atoms with Crippen LogP contribution in [0.3, 0.4) is 0 Å². The van der Waals surface area contributed by atoms with Crippen molar-refractivity contribution in [2.45, 2.75) is 76.5 Å². The third-order valence-electron chi connectivity index (χ3n) is 4.59. The van der Waals surface area contributed by atoms with Crippen molar-refractivity contribution in [1.29, 1.82) is 5.26 Å². The normalized spacial score (nSPS) is 16.7. The molecule has 4 nitrogen and oxygen atoms in total. The highest BCUT2D eigenvalue weighted by Crippen LogP contribution is 2.49. The van der Waals surface area contributed by atoms with Gasteiger partial charge in [0.05, 0.1) is 23.6 Å². The second kappa shape index (κ2) is 10.9. The molecule has 0 aliphatic rings. The standard InChI is InChI=1S/C18H30F2N2O2S3/c1-6-10-26-14(25)27-15(2,3)11-18(19,20)17(5,22)16(4,12-21)8-7-9-24-13-23/h13H,6-11,22H2,1-5H3. The van der Waals surface area contributed by atoms with Crippen LogP contribution in [-0.2, 0) is 9.53 Å². The zero-order valence-corrected chi connectivity index (χ0v) is 19.1. The number of halogens is 2. The van der Waals surface area contributed by atoms with Gasteiger partial charge in [0.2, 0.25) is 0 Å². The lowest BCUT2D eigenvalue weighted by Gasteiger charge is -2.46. The van der Waals surface area contributed by atoms with Gasteiger partial charge in [0.15, 0.2) is 0 Å². The van der Waals surface area contributed by atoms with Gasteiger partial charge in [-0.05, 0) is 38.9 Å². The average Bonchev–Trinajstić information content (AvgIpc) is 2.54. The summed E-state index contributed by atoms with van der Waals surface area (Å²) in [5, 5.41) is 9.58. The Morgan fingerprint density at radius 1 is 1.33 bits per heavy atom. The Balaban J connectivity index is 5.28. The van der Waals surface area contributed by atoms with Crippen LogP contribution in [0, 0.1) is 16.7 Å². The first-order valence-corrected chi connectivity index (χ1v) is 11.0. The molecule has 0 rings (SSSR count). The number of nitrogens with two attached hydrogens (primary N) is 1. The minimum absolute atomic E-state index is 0.0622. The second-order valence-corrected chi connectivity index (χ2v) is 11.6. The lowest BCUT2D eigenvalue weighted by atomic mass is 9.66. The smallest absolute Gasteiger partial charge is 0.293 e. The predicted octanol–water partition coefficient (Wildman–Crippen LogP) is 5.15. The molecule has 0 radical (unpaired) electrons. The van der Waals surface area contributed by atoms with Crippen molar-refractivity contribution in [3.8, 4) is 6.07 Å². The van der Waals surface area contributed by atoms with Crippen LogP contribution >= 0.6 is 35.7 Å². The second-order valence-electron chi connectivity index (χ2n) is 7.56. The van der Waals surface area contributed by atoms with Crippen molar-refractivity contribution in [1.82, 2.24) is 0 Å². The summed E-state index contributed by atoms with van der Waals surface area (Å²) in [6, 6.07) is 1.97. The summed E-state index contributed by atoms with van der Waals surface area (Å²) in [6.07, 6.45) is 0.823. The highest BCUT2D eigenvalue weighted by atomic mass is 32.2. The molecule has 2 unspecified atom stereocenters. The van der Waals surface area contributed by atoms with Gasteiger partial charge < -0.3 is 10.5 Å². The summed E-state index contributed by atoms with van der Waals surface area (Å²) in [6.45, 7) is 8.46. The fourth-order valence-electron chi connectivity index (χ4n) is 2.59. The quantitative estimate of drug-likeness (QED) is 0.255. The first kappa shape index (κ1) is 26.6. The van der Waals surface area contributed by atoms with Gasteiger partial charge in [-0.2, -0.15) is 5.26 Å². The third kappa shape index (κ3) is 7.84. The van der Waals surface area contributed by atoms with E-state index in [1.54, 1.807) is 13.8 Å². The fourth-order valence-corrected chi connectivity index (χ4v) is 5.75. The minimum atomic E-state index is -3.30. The monoisotopic (exact) mass is 440 g/mol. The summed E-state index contributed by atoms with van der Waals surface area (Å²) in [5.74, 6) is -2.45. The zero-order chi connectivity index (χ0) is 21.4. The largest absolute Gasteiger partial charge is 0.468 e. The number of alkyl halides is 2. The Morgan fingerprint density at radius 3 is 2.41 bits per heavy atom. The molecule has 0 amide bonds. The van der Waals surface area contributed by atoms with E-state index in [4.69, 9.17) is 18.0 Å². The van der Waals surface area contributed by atoms with Crippen LogP contribution in [0.2, 0.25) is 0 Å². The van der Waals surface area contributed by atoms with Gasteiger partial charge in [-0.25, -0.2) is 8.78 Å². The predicted molar refractivity (Wildman–Crippen MR) is 114 cm³/mol. The molecule has 156 valence electrons. The van der Waals surface area contributed by atoms with E-state index in [0.717, 1.165) is 12.2 Å². The van der Waals surface area contributed by atoms with E-state index in [9.17, 15) is 10.1 Å². The van der Waals surface area contributed by atoms with Crippen molar-refractivity contribution in [2.24, 2.45) is 11.1 Å². The molecule has 0 aromatic carbocycles. The molecule has 2 atom stereocenters. The van der Waals surface area contributed by atoms with Gasteiger partial charge in [-0.3, -0.25) is 4.79 Å². The molecule has 0 spiro atoms. The van der Waals surface area contributed by atoms with Gasteiger partial charge in [-0.1, -0.05) is 33.0 Å². The molecule has 0 aromatic rings. The Hall–Kier alpha value is -0.430. The van der Waals surface area contributed by atoms with Crippen LogP contribution < -0.4 is 5.73 Å². The third-order valence-corrected chi connectivity index (χ3v) is 7.51. The number of rotatable bonds is 12. The van der Waals surface area contributed by atoms with Crippen LogP contribution in [0.1, 0.15) is 60.3 Å². The lowest BCUT2D eigenvalue weighted by molar-refractivity contribution is -0.130. The van der Waals surface area contributed by atoms with E-state index in [-0.39, 0.29) is 19.4 Å².